The third kappa shape index (κ3) is 6.53. The average molecular weight is 759 g/mol. The van der Waals surface area contributed by atoms with Gasteiger partial charge in [-0.15, -0.1) is 0 Å². The zero-order valence-corrected chi connectivity index (χ0v) is 34.6. The Morgan fingerprint density at radius 2 is 1.46 bits per heavy atom. The van der Waals surface area contributed by atoms with Gasteiger partial charge in [-0.2, -0.15) is 0 Å². The molecule has 11 nitrogen and oxygen atoms in total. The lowest BCUT2D eigenvalue weighted by Gasteiger charge is -2.71. The standard InChI is InChI=1S/C43H66O11/c1-24(44)50-23-29-34(51-25(2)45)35(52-26(3)46)33(47)36(53-29)54-32-15-16-41(8)30(38(32,4)5)14-17-43(10)31(41)13-12-27-28-22-40(7,37(48)49-11)19-18-39(28,6)20-21-42(27,43)9/h12,28-36,47H,13-23H2,1-11H3/t28-,29+,30-,31+,32-,33+,34+,35+,36+,39+,40-,41-,42+,43+/m0/s1. The predicted molar refractivity (Wildman–Crippen MR) is 198 cm³/mol. The Morgan fingerprint density at radius 1 is 0.815 bits per heavy atom. The Hall–Kier alpha value is -2.50. The first-order valence-electron chi connectivity index (χ1n) is 20.3. The van der Waals surface area contributed by atoms with E-state index in [4.69, 9.17) is 28.4 Å². The summed E-state index contributed by atoms with van der Waals surface area (Å²) in [5, 5.41) is 11.6. The van der Waals surface area contributed by atoms with Crippen LogP contribution in [-0.2, 0) is 47.6 Å². The summed E-state index contributed by atoms with van der Waals surface area (Å²) in [5.41, 5.74) is 1.15. The Bertz CT molecular complexity index is 1540. The summed E-state index contributed by atoms with van der Waals surface area (Å²) in [7, 11) is 1.52. The van der Waals surface area contributed by atoms with Gasteiger partial charge in [-0.05, 0) is 116 Å². The van der Waals surface area contributed by atoms with E-state index in [0.29, 0.717) is 17.8 Å². The van der Waals surface area contributed by atoms with Gasteiger partial charge in [-0.25, -0.2) is 0 Å². The van der Waals surface area contributed by atoms with Crippen molar-refractivity contribution in [3.8, 4) is 0 Å². The fourth-order valence-electron chi connectivity index (χ4n) is 13.2. The lowest BCUT2D eigenvalue weighted by molar-refractivity contribution is -0.332. The minimum Gasteiger partial charge on any atom is -0.469 e. The van der Waals surface area contributed by atoms with Crippen LogP contribution in [0.25, 0.3) is 0 Å². The van der Waals surface area contributed by atoms with E-state index in [1.54, 1.807) is 5.57 Å². The first kappa shape index (κ1) is 41.1. The molecule has 0 unspecified atom stereocenters. The predicted octanol–water partition coefficient (Wildman–Crippen LogP) is 6.86. The number of rotatable bonds is 7. The Labute approximate surface area is 321 Å². The Morgan fingerprint density at radius 3 is 2.09 bits per heavy atom. The fraction of sp³-hybridized carbons (Fsp3) is 0.860. The van der Waals surface area contributed by atoms with E-state index in [-0.39, 0.29) is 45.8 Å². The number of aliphatic hydroxyl groups is 1. The van der Waals surface area contributed by atoms with Gasteiger partial charge in [0.2, 0.25) is 0 Å². The van der Waals surface area contributed by atoms with Crippen LogP contribution in [-0.4, -0.2) is 79.5 Å². The molecule has 0 aromatic rings. The van der Waals surface area contributed by atoms with Gasteiger partial charge in [0.25, 0.3) is 0 Å². The highest BCUT2D eigenvalue weighted by molar-refractivity contribution is 5.76. The molecule has 6 rings (SSSR count). The summed E-state index contributed by atoms with van der Waals surface area (Å²) >= 11 is 0. The average Bonchev–Trinajstić information content (AvgIpc) is 3.08. The molecule has 1 heterocycles. The van der Waals surface area contributed by atoms with E-state index >= 15 is 0 Å². The van der Waals surface area contributed by atoms with E-state index in [0.717, 1.165) is 57.8 Å². The second-order valence-electron chi connectivity index (χ2n) is 19.7. The van der Waals surface area contributed by atoms with Crippen molar-refractivity contribution in [1.29, 1.82) is 0 Å². The Kier molecular flexibility index (Phi) is 10.8. The van der Waals surface area contributed by atoms with Crippen molar-refractivity contribution in [2.45, 2.75) is 170 Å². The summed E-state index contributed by atoms with van der Waals surface area (Å²) < 4.78 is 34.6. The molecule has 0 aromatic heterocycles. The molecule has 0 amide bonds. The van der Waals surface area contributed by atoms with E-state index in [1.165, 1.54) is 34.3 Å². The van der Waals surface area contributed by atoms with Crippen LogP contribution in [0, 0.1) is 50.2 Å². The van der Waals surface area contributed by atoms with Gasteiger partial charge in [0, 0.05) is 20.8 Å². The quantitative estimate of drug-likeness (QED) is 0.126. The molecule has 0 radical (unpaired) electrons. The van der Waals surface area contributed by atoms with Gasteiger partial charge in [-0.1, -0.05) is 53.2 Å². The molecule has 5 aliphatic carbocycles. The van der Waals surface area contributed by atoms with Crippen molar-refractivity contribution in [1.82, 2.24) is 0 Å². The highest BCUT2D eigenvalue weighted by atomic mass is 16.7. The normalized spacial score (nSPS) is 46.6. The molecule has 11 heteroatoms. The lowest BCUT2D eigenvalue weighted by Crippen LogP contribution is -2.66. The smallest absolute Gasteiger partial charge is 0.311 e. The van der Waals surface area contributed by atoms with Crippen molar-refractivity contribution in [3.63, 3.8) is 0 Å². The van der Waals surface area contributed by atoms with Crippen LogP contribution in [0.3, 0.4) is 0 Å². The summed E-state index contributed by atoms with van der Waals surface area (Å²) in [6.07, 6.45) is 6.04. The third-order valence-electron chi connectivity index (χ3n) is 16.4. The molecule has 1 N–H and O–H groups in total. The van der Waals surface area contributed by atoms with Gasteiger partial charge in [0.1, 0.15) is 18.8 Å². The molecule has 0 aromatic carbocycles. The summed E-state index contributed by atoms with van der Waals surface area (Å²) in [6.45, 7) is 20.1. The molecule has 5 fully saturated rings. The number of ether oxygens (including phenoxy) is 6. The Balaban J connectivity index is 1.26. The first-order valence-corrected chi connectivity index (χ1v) is 20.3. The number of carbonyl (C=O) groups is 4. The molecule has 54 heavy (non-hydrogen) atoms. The van der Waals surface area contributed by atoms with Crippen molar-refractivity contribution in [2.24, 2.45) is 50.2 Å². The maximum absolute atomic E-state index is 13.1. The summed E-state index contributed by atoms with van der Waals surface area (Å²) in [5.74, 6) is -0.809. The molecule has 4 saturated carbocycles. The van der Waals surface area contributed by atoms with Crippen LogP contribution in [0.15, 0.2) is 11.6 Å². The van der Waals surface area contributed by atoms with Gasteiger partial charge in [0.15, 0.2) is 18.5 Å². The molecular formula is C43H66O11. The zero-order chi connectivity index (χ0) is 39.8. The van der Waals surface area contributed by atoms with Gasteiger partial charge in [0.05, 0.1) is 18.6 Å². The molecule has 1 saturated heterocycles. The van der Waals surface area contributed by atoms with Crippen molar-refractivity contribution >= 4 is 23.9 Å². The zero-order valence-electron chi connectivity index (χ0n) is 34.6. The summed E-state index contributed by atoms with van der Waals surface area (Å²) in [4.78, 5) is 49.1. The topological polar surface area (TPSA) is 144 Å². The van der Waals surface area contributed by atoms with E-state index in [2.05, 4.69) is 54.5 Å². The third-order valence-corrected chi connectivity index (χ3v) is 16.4. The van der Waals surface area contributed by atoms with Crippen LogP contribution < -0.4 is 0 Å². The van der Waals surface area contributed by atoms with Crippen molar-refractivity contribution in [2.75, 3.05) is 13.7 Å². The van der Waals surface area contributed by atoms with E-state index in [9.17, 15) is 24.3 Å². The molecule has 304 valence electrons. The monoisotopic (exact) mass is 758 g/mol. The largest absolute Gasteiger partial charge is 0.469 e. The number of hydrogen-bond acceptors (Lipinski definition) is 11. The van der Waals surface area contributed by atoms with Crippen molar-refractivity contribution < 1.29 is 52.7 Å². The minimum atomic E-state index is -1.45. The molecule has 0 spiro atoms. The highest BCUT2D eigenvalue weighted by Gasteiger charge is 2.68. The van der Waals surface area contributed by atoms with Gasteiger partial charge < -0.3 is 33.5 Å². The molecular weight excluding hydrogens is 692 g/mol. The number of methoxy groups -OCH3 is 1. The maximum atomic E-state index is 13.1. The fourth-order valence-corrected chi connectivity index (χ4v) is 13.2. The highest BCUT2D eigenvalue weighted by Crippen LogP contribution is 2.76. The second-order valence-corrected chi connectivity index (χ2v) is 19.7. The number of carbonyl (C=O) groups excluding carboxylic acids is 4. The second kappa shape index (κ2) is 14.2. The number of aliphatic hydroxyl groups excluding tert-OH is 1. The van der Waals surface area contributed by atoms with Gasteiger partial charge >= 0.3 is 23.9 Å². The molecule has 14 atom stereocenters. The van der Waals surface area contributed by atoms with Gasteiger partial charge in [-0.3, -0.25) is 19.2 Å². The summed E-state index contributed by atoms with van der Waals surface area (Å²) in [6, 6.07) is 0. The van der Waals surface area contributed by atoms with Crippen molar-refractivity contribution in [3.05, 3.63) is 11.6 Å². The number of hydrogen-bond donors (Lipinski definition) is 1. The minimum absolute atomic E-state index is 0.0276. The molecule has 1 aliphatic heterocycles. The van der Waals surface area contributed by atoms with Crippen LogP contribution in [0.5, 0.6) is 0 Å². The first-order chi connectivity index (χ1) is 25.1. The SMILES string of the molecule is COC(=O)[C@@]1(C)CC[C@]2(C)CC[C@]3(C)C(=CC[C@@H]4[C@@]5(C)CC[C@H](O[C@H]6O[C@H](COC(C)=O)[C@@H](OC(C)=O)[C@H](OC(C)=O)[C@H]6O)C(C)(C)[C@@H]5CC[C@]43C)[C@@H]2C1. The number of fused-ring (bicyclic) bond motifs is 7. The lowest BCUT2D eigenvalue weighted by atomic mass is 9.33. The van der Waals surface area contributed by atoms with Crippen LogP contribution in [0.2, 0.25) is 0 Å². The van der Waals surface area contributed by atoms with E-state index in [1.807, 2.05) is 0 Å². The maximum Gasteiger partial charge on any atom is 0.311 e. The number of esters is 4. The molecule has 0 bridgehead atoms. The molecule has 6 aliphatic rings. The van der Waals surface area contributed by atoms with E-state index < -0.39 is 54.0 Å². The number of allylic oxidation sites excluding steroid dienone is 2. The van der Waals surface area contributed by atoms with Crippen LogP contribution in [0.1, 0.15) is 133 Å². The van der Waals surface area contributed by atoms with Crippen LogP contribution in [0.4, 0.5) is 0 Å². The van der Waals surface area contributed by atoms with Crippen LogP contribution >= 0.6 is 0 Å².